The lowest BCUT2D eigenvalue weighted by molar-refractivity contribution is 0.595. The van der Waals surface area contributed by atoms with Crippen LogP contribution in [0.1, 0.15) is 11.1 Å². The van der Waals surface area contributed by atoms with Crippen LogP contribution >= 0.6 is 15.9 Å². The summed E-state index contributed by atoms with van der Waals surface area (Å²) in [6.07, 6.45) is 1.50. The molecule has 0 amide bonds. The van der Waals surface area contributed by atoms with Crippen LogP contribution in [-0.2, 0) is 16.6 Å². The van der Waals surface area contributed by atoms with Crippen molar-refractivity contribution in [3.05, 3.63) is 40.0 Å². The zero-order chi connectivity index (χ0) is 14.8. The average Bonchev–Trinajstić information content (AvgIpc) is 2.84. The Kier molecular flexibility index (Phi) is 4.46. The molecule has 20 heavy (non-hydrogen) atoms. The maximum atomic E-state index is 12.4. The highest BCUT2D eigenvalue weighted by atomic mass is 79.9. The predicted octanol–water partition coefficient (Wildman–Crippen LogP) is 2.00. The first-order valence-corrected chi connectivity index (χ1v) is 8.18. The SMILES string of the molecule is CNCc1cn[nH]c1S(=O)(=O)Nc1cccc(Br)c1C. The number of rotatable bonds is 5. The highest BCUT2D eigenvalue weighted by Crippen LogP contribution is 2.26. The van der Waals surface area contributed by atoms with Crippen molar-refractivity contribution in [2.45, 2.75) is 18.5 Å². The first-order chi connectivity index (χ1) is 9.45. The third-order valence-corrected chi connectivity index (χ3v) is 5.06. The molecule has 0 radical (unpaired) electrons. The minimum atomic E-state index is -3.69. The van der Waals surface area contributed by atoms with Gasteiger partial charge in [-0.25, -0.2) is 0 Å². The molecular weight excluding hydrogens is 344 g/mol. The van der Waals surface area contributed by atoms with Crippen LogP contribution in [0.15, 0.2) is 33.9 Å². The molecule has 6 nitrogen and oxygen atoms in total. The minimum absolute atomic E-state index is 0.0752. The molecule has 0 saturated carbocycles. The Morgan fingerprint density at radius 2 is 2.15 bits per heavy atom. The van der Waals surface area contributed by atoms with Gasteiger partial charge in [0.1, 0.15) is 0 Å². The van der Waals surface area contributed by atoms with E-state index in [0.717, 1.165) is 10.0 Å². The second-order valence-corrected chi connectivity index (χ2v) is 6.75. The highest BCUT2D eigenvalue weighted by Gasteiger charge is 2.21. The fourth-order valence-electron chi connectivity index (χ4n) is 1.76. The molecule has 1 heterocycles. The van der Waals surface area contributed by atoms with E-state index < -0.39 is 10.0 Å². The fraction of sp³-hybridized carbons (Fsp3) is 0.250. The molecule has 0 aliphatic rings. The van der Waals surface area contributed by atoms with Crippen LogP contribution < -0.4 is 10.0 Å². The Hall–Kier alpha value is -1.38. The molecule has 0 spiro atoms. The summed E-state index contributed by atoms with van der Waals surface area (Å²) in [5, 5.41) is 9.31. The van der Waals surface area contributed by atoms with Gasteiger partial charge in [0.2, 0.25) is 0 Å². The standard InChI is InChI=1S/C12H15BrN4O2S/c1-8-10(13)4-3-5-11(8)17-20(18,19)12-9(6-14-2)7-15-16-12/h3-5,7,14,17H,6H2,1-2H3,(H,15,16). The summed E-state index contributed by atoms with van der Waals surface area (Å²) in [5.74, 6) is 0. The average molecular weight is 359 g/mol. The molecule has 0 saturated heterocycles. The number of benzene rings is 1. The lowest BCUT2D eigenvalue weighted by Crippen LogP contribution is -2.17. The third-order valence-electron chi connectivity index (χ3n) is 2.83. The molecule has 0 bridgehead atoms. The van der Waals surface area contributed by atoms with Gasteiger partial charge in [-0.3, -0.25) is 9.82 Å². The zero-order valence-electron chi connectivity index (χ0n) is 11.1. The maximum absolute atomic E-state index is 12.4. The van der Waals surface area contributed by atoms with Crippen LogP contribution in [0, 0.1) is 6.92 Å². The van der Waals surface area contributed by atoms with Crippen LogP contribution in [0.5, 0.6) is 0 Å². The number of nitrogens with zero attached hydrogens (tertiary/aromatic N) is 1. The molecule has 0 unspecified atom stereocenters. The smallest absolute Gasteiger partial charge is 0.279 e. The van der Waals surface area contributed by atoms with Crippen LogP contribution in [0.25, 0.3) is 0 Å². The molecule has 8 heteroatoms. The van der Waals surface area contributed by atoms with Gasteiger partial charge < -0.3 is 5.32 Å². The molecule has 2 aromatic rings. The molecule has 108 valence electrons. The summed E-state index contributed by atoms with van der Waals surface area (Å²) in [5.41, 5.74) is 1.95. The Balaban J connectivity index is 2.36. The number of aromatic nitrogens is 2. The number of H-pyrrole nitrogens is 1. The zero-order valence-corrected chi connectivity index (χ0v) is 13.5. The molecule has 0 atom stereocenters. The van der Waals surface area contributed by atoms with E-state index in [1.54, 1.807) is 19.2 Å². The van der Waals surface area contributed by atoms with Crippen molar-refractivity contribution < 1.29 is 8.42 Å². The maximum Gasteiger partial charge on any atom is 0.279 e. The van der Waals surface area contributed by atoms with Crippen molar-refractivity contribution in [2.75, 3.05) is 11.8 Å². The van der Waals surface area contributed by atoms with E-state index in [4.69, 9.17) is 0 Å². The lowest BCUT2D eigenvalue weighted by atomic mass is 10.2. The van der Waals surface area contributed by atoms with Gasteiger partial charge in [0.05, 0.1) is 11.9 Å². The number of nitrogens with one attached hydrogen (secondary N) is 3. The third kappa shape index (κ3) is 3.02. The van der Waals surface area contributed by atoms with Gasteiger partial charge in [-0.05, 0) is 31.7 Å². The van der Waals surface area contributed by atoms with Crippen LogP contribution in [0.3, 0.4) is 0 Å². The number of halogens is 1. The molecule has 2 rings (SSSR count). The van der Waals surface area contributed by atoms with Gasteiger partial charge in [-0.15, -0.1) is 0 Å². The molecule has 0 aliphatic heterocycles. The van der Waals surface area contributed by atoms with Crippen molar-refractivity contribution >= 4 is 31.6 Å². The van der Waals surface area contributed by atoms with E-state index in [1.165, 1.54) is 6.20 Å². The van der Waals surface area contributed by atoms with Gasteiger partial charge in [0, 0.05) is 16.6 Å². The van der Waals surface area contributed by atoms with Crippen molar-refractivity contribution in [1.82, 2.24) is 15.5 Å². The summed E-state index contributed by atoms with van der Waals surface area (Å²) in [7, 11) is -1.95. The monoisotopic (exact) mass is 358 g/mol. The first kappa shape index (κ1) is 15.0. The minimum Gasteiger partial charge on any atom is -0.316 e. The second-order valence-electron chi connectivity index (χ2n) is 4.27. The Labute approximate surface area is 126 Å². The fourth-order valence-corrected chi connectivity index (χ4v) is 3.38. The van der Waals surface area contributed by atoms with Crippen molar-refractivity contribution in [1.29, 1.82) is 0 Å². The number of anilines is 1. The normalized spacial score (nSPS) is 11.6. The van der Waals surface area contributed by atoms with Crippen LogP contribution in [0.4, 0.5) is 5.69 Å². The van der Waals surface area contributed by atoms with Gasteiger partial charge >= 0.3 is 0 Å². The van der Waals surface area contributed by atoms with E-state index in [1.807, 2.05) is 13.0 Å². The molecular formula is C12H15BrN4O2S. The Morgan fingerprint density at radius 1 is 1.40 bits per heavy atom. The molecule has 0 fully saturated rings. The number of sulfonamides is 1. The van der Waals surface area contributed by atoms with Crippen LogP contribution in [-0.4, -0.2) is 25.7 Å². The second kappa shape index (κ2) is 5.94. The number of aromatic amines is 1. The highest BCUT2D eigenvalue weighted by molar-refractivity contribution is 9.10. The first-order valence-electron chi connectivity index (χ1n) is 5.90. The summed E-state index contributed by atoms with van der Waals surface area (Å²) in [4.78, 5) is 0. The van der Waals surface area contributed by atoms with Gasteiger partial charge in [-0.1, -0.05) is 22.0 Å². The molecule has 1 aromatic heterocycles. The van der Waals surface area contributed by atoms with E-state index in [2.05, 4.69) is 36.2 Å². The predicted molar refractivity (Wildman–Crippen MR) is 81.0 cm³/mol. The quantitative estimate of drug-likeness (QED) is 0.762. The number of hydrogen-bond donors (Lipinski definition) is 3. The van der Waals surface area contributed by atoms with E-state index >= 15 is 0 Å². The lowest BCUT2D eigenvalue weighted by Gasteiger charge is -2.11. The van der Waals surface area contributed by atoms with E-state index in [0.29, 0.717) is 17.8 Å². The van der Waals surface area contributed by atoms with E-state index in [-0.39, 0.29) is 5.03 Å². The topological polar surface area (TPSA) is 86.9 Å². The van der Waals surface area contributed by atoms with Crippen molar-refractivity contribution in [3.8, 4) is 0 Å². The largest absolute Gasteiger partial charge is 0.316 e. The van der Waals surface area contributed by atoms with Crippen molar-refractivity contribution in [3.63, 3.8) is 0 Å². The van der Waals surface area contributed by atoms with Crippen molar-refractivity contribution in [2.24, 2.45) is 0 Å². The van der Waals surface area contributed by atoms with E-state index in [9.17, 15) is 8.42 Å². The van der Waals surface area contributed by atoms with Gasteiger partial charge in [0.25, 0.3) is 10.0 Å². The molecule has 3 N–H and O–H groups in total. The summed E-state index contributed by atoms with van der Waals surface area (Å²) < 4.78 is 28.2. The molecule has 1 aromatic carbocycles. The Bertz CT molecular complexity index is 712. The Morgan fingerprint density at radius 3 is 2.85 bits per heavy atom. The number of hydrogen-bond acceptors (Lipinski definition) is 4. The molecule has 0 aliphatic carbocycles. The van der Waals surface area contributed by atoms with Crippen LogP contribution in [0.2, 0.25) is 0 Å². The summed E-state index contributed by atoms with van der Waals surface area (Å²) in [6, 6.07) is 5.35. The summed E-state index contributed by atoms with van der Waals surface area (Å²) in [6.45, 7) is 2.26. The van der Waals surface area contributed by atoms with Gasteiger partial charge in [-0.2, -0.15) is 13.5 Å². The summed E-state index contributed by atoms with van der Waals surface area (Å²) >= 11 is 3.38. The van der Waals surface area contributed by atoms with Gasteiger partial charge in [0.15, 0.2) is 5.03 Å².